The average Bonchev–Trinajstić information content (AvgIpc) is 3.23. The lowest BCUT2D eigenvalue weighted by molar-refractivity contribution is 0.0625. The summed E-state index contributed by atoms with van der Waals surface area (Å²) in [6.45, 7) is 3.32. The molecule has 1 aromatic heterocycles. The molecule has 0 radical (unpaired) electrons. The van der Waals surface area contributed by atoms with Crippen LogP contribution in [0.4, 0.5) is 0 Å². The number of aromatic amines is 1. The first-order chi connectivity index (χ1) is 8.75. The van der Waals surface area contributed by atoms with Crippen molar-refractivity contribution in [3.05, 3.63) is 34.2 Å². The van der Waals surface area contributed by atoms with E-state index in [1.54, 1.807) is 11.1 Å². The SMILES string of the molecule is O=C(c1c[nH]ccc1=O)N1CCN(C2CC2)CC1. The summed E-state index contributed by atoms with van der Waals surface area (Å²) in [7, 11) is 0. The van der Waals surface area contributed by atoms with Gasteiger partial charge in [-0.2, -0.15) is 0 Å². The molecule has 96 valence electrons. The van der Waals surface area contributed by atoms with E-state index in [1.165, 1.54) is 25.1 Å². The first-order valence-electron chi connectivity index (χ1n) is 6.46. The molecule has 0 bridgehead atoms. The van der Waals surface area contributed by atoms with E-state index in [2.05, 4.69) is 9.88 Å². The van der Waals surface area contributed by atoms with E-state index in [1.807, 2.05) is 0 Å². The molecule has 2 aliphatic rings. The number of piperazine rings is 1. The molecule has 0 unspecified atom stereocenters. The summed E-state index contributed by atoms with van der Waals surface area (Å²) in [6.07, 6.45) is 5.64. The van der Waals surface area contributed by atoms with Gasteiger partial charge in [-0.05, 0) is 12.8 Å². The van der Waals surface area contributed by atoms with Crippen LogP contribution in [-0.2, 0) is 0 Å². The summed E-state index contributed by atoms with van der Waals surface area (Å²) in [4.78, 5) is 30.8. The second kappa shape index (κ2) is 4.57. The fraction of sp³-hybridized carbons (Fsp3) is 0.538. The maximum Gasteiger partial charge on any atom is 0.259 e. The Kier molecular flexibility index (Phi) is 2.91. The van der Waals surface area contributed by atoms with E-state index in [9.17, 15) is 9.59 Å². The van der Waals surface area contributed by atoms with Crippen LogP contribution in [0.3, 0.4) is 0 Å². The highest BCUT2D eigenvalue weighted by Crippen LogP contribution is 2.27. The van der Waals surface area contributed by atoms with Crippen molar-refractivity contribution in [2.45, 2.75) is 18.9 Å². The molecular formula is C13H17N3O2. The highest BCUT2D eigenvalue weighted by Gasteiger charge is 2.32. The van der Waals surface area contributed by atoms with Crippen molar-refractivity contribution in [2.75, 3.05) is 26.2 Å². The van der Waals surface area contributed by atoms with E-state index in [0.717, 1.165) is 32.2 Å². The van der Waals surface area contributed by atoms with Crippen LogP contribution in [0.25, 0.3) is 0 Å². The van der Waals surface area contributed by atoms with Crippen LogP contribution in [0.2, 0.25) is 0 Å². The first kappa shape index (κ1) is 11.5. The molecule has 5 nitrogen and oxygen atoms in total. The molecular weight excluding hydrogens is 230 g/mol. The molecule has 2 heterocycles. The lowest BCUT2D eigenvalue weighted by Crippen LogP contribution is -2.50. The Morgan fingerprint density at radius 1 is 1.22 bits per heavy atom. The highest BCUT2D eigenvalue weighted by molar-refractivity contribution is 5.93. The van der Waals surface area contributed by atoms with Gasteiger partial charge in [0.2, 0.25) is 0 Å². The molecule has 0 aromatic carbocycles. The third kappa shape index (κ3) is 2.18. The van der Waals surface area contributed by atoms with Gasteiger partial charge in [-0.15, -0.1) is 0 Å². The maximum absolute atomic E-state index is 12.2. The number of rotatable bonds is 2. The Bertz CT molecular complexity index is 499. The minimum atomic E-state index is -0.205. The first-order valence-corrected chi connectivity index (χ1v) is 6.46. The van der Waals surface area contributed by atoms with E-state index < -0.39 is 0 Å². The Balaban J connectivity index is 1.67. The molecule has 1 amide bonds. The zero-order chi connectivity index (χ0) is 12.5. The third-order valence-electron chi connectivity index (χ3n) is 3.72. The van der Waals surface area contributed by atoms with Gasteiger partial charge < -0.3 is 9.88 Å². The number of nitrogens with zero attached hydrogens (tertiary/aromatic N) is 2. The number of aromatic nitrogens is 1. The molecule has 1 saturated heterocycles. The molecule has 5 heteroatoms. The van der Waals surface area contributed by atoms with Gasteiger partial charge in [-0.3, -0.25) is 14.5 Å². The number of carbonyl (C=O) groups is 1. The quantitative estimate of drug-likeness (QED) is 0.817. The summed E-state index contributed by atoms with van der Waals surface area (Å²) in [5.74, 6) is -0.146. The Morgan fingerprint density at radius 2 is 1.94 bits per heavy atom. The molecule has 1 aliphatic carbocycles. The molecule has 1 saturated carbocycles. The van der Waals surface area contributed by atoms with Crippen LogP contribution in [-0.4, -0.2) is 52.9 Å². The van der Waals surface area contributed by atoms with Gasteiger partial charge in [-0.25, -0.2) is 0 Å². The summed E-state index contributed by atoms with van der Waals surface area (Å²) in [5.41, 5.74) is 0.0424. The zero-order valence-electron chi connectivity index (χ0n) is 10.3. The van der Waals surface area contributed by atoms with Crippen molar-refractivity contribution in [3.8, 4) is 0 Å². The number of carbonyl (C=O) groups excluding carboxylic acids is 1. The van der Waals surface area contributed by atoms with Crippen molar-refractivity contribution in [2.24, 2.45) is 0 Å². The number of hydrogen-bond donors (Lipinski definition) is 1. The second-order valence-corrected chi connectivity index (χ2v) is 4.98. The fourth-order valence-electron chi connectivity index (χ4n) is 2.48. The second-order valence-electron chi connectivity index (χ2n) is 4.98. The van der Waals surface area contributed by atoms with Crippen molar-refractivity contribution < 1.29 is 4.79 Å². The zero-order valence-corrected chi connectivity index (χ0v) is 10.3. The van der Waals surface area contributed by atoms with Crippen LogP contribution in [0, 0.1) is 0 Å². The van der Waals surface area contributed by atoms with Crippen molar-refractivity contribution in [1.29, 1.82) is 0 Å². The smallest absolute Gasteiger partial charge is 0.259 e. The minimum Gasteiger partial charge on any atom is -0.367 e. The number of nitrogens with one attached hydrogen (secondary N) is 1. The van der Waals surface area contributed by atoms with Crippen LogP contribution in [0.1, 0.15) is 23.2 Å². The molecule has 1 N–H and O–H groups in total. The van der Waals surface area contributed by atoms with Crippen LogP contribution in [0.5, 0.6) is 0 Å². The van der Waals surface area contributed by atoms with Gasteiger partial charge in [0.15, 0.2) is 5.43 Å². The van der Waals surface area contributed by atoms with E-state index in [0.29, 0.717) is 0 Å². The Labute approximate surface area is 105 Å². The molecule has 18 heavy (non-hydrogen) atoms. The van der Waals surface area contributed by atoms with Gasteiger partial charge in [0.05, 0.1) is 0 Å². The molecule has 0 atom stereocenters. The molecule has 2 fully saturated rings. The predicted octanol–water partition coefficient (Wildman–Crippen LogP) is 0.295. The molecule has 0 spiro atoms. The van der Waals surface area contributed by atoms with Gasteiger partial charge in [0, 0.05) is 50.7 Å². The van der Waals surface area contributed by atoms with Gasteiger partial charge in [0.1, 0.15) is 5.56 Å². The van der Waals surface area contributed by atoms with Crippen molar-refractivity contribution >= 4 is 5.91 Å². The number of pyridine rings is 1. The van der Waals surface area contributed by atoms with Gasteiger partial charge in [-0.1, -0.05) is 0 Å². The van der Waals surface area contributed by atoms with E-state index in [-0.39, 0.29) is 16.9 Å². The average molecular weight is 247 g/mol. The molecule has 3 rings (SSSR count). The summed E-state index contributed by atoms with van der Waals surface area (Å²) < 4.78 is 0. The normalized spacial score (nSPS) is 21.0. The lowest BCUT2D eigenvalue weighted by Gasteiger charge is -2.34. The van der Waals surface area contributed by atoms with Crippen LogP contribution < -0.4 is 5.43 Å². The highest BCUT2D eigenvalue weighted by atomic mass is 16.2. The summed E-state index contributed by atoms with van der Waals surface area (Å²) >= 11 is 0. The Hall–Kier alpha value is -1.62. The van der Waals surface area contributed by atoms with Gasteiger partial charge >= 0.3 is 0 Å². The lowest BCUT2D eigenvalue weighted by atomic mass is 10.2. The largest absolute Gasteiger partial charge is 0.367 e. The van der Waals surface area contributed by atoms with Gasteiger partial charge in [0.25, 0.3) is 5.91 Å². The molecule has 1 aliphatic heterocycles. The summed E-state index contributed by atoms with van der Waals surface area (Å²) in [6, 6.07) is 2.15. The number of amides is 1. The third-order valence-corrected chi connectivity index (χ3v) is 3.72. The number of H-pyrrole nitrogens is 1. The number of hydrogen-bond acceptors (Lipinski definition) is 3. The maximum atomic E-state index is 12.2. The van der Waals surface area contributed by atoms with Crippen LogP contribution >= 0.6 is 0 Å². The van der Waals surface area contributed by atoms with Crippen molar-refractivity contribution in [3.63, 3.8) is 0 Å². The Morgan fingerprint density at radius 3 is 2.56 bits per heavy atom. The van der Waals surface area contributed by atoms with E-state index >= 15 is 0 Å². The van der Waals surface area contributed by atoms with Crippen LogP contribution in [0.15, 0.2) is 23.3 Å². The topological polar surface area (TPSA) is 56.4 Å². The van der Waals surface area contributed by atoms with E-state index in [4.69, 9.17) is 0 Å². The molecule has 1 aromatic rings. The summed E-state index contributed by atoms with van der Waals surface area (Å²) in [5, 5.41) is 0. The standard InChI is InChI=1S/C13H17N3O2/c17-12-3-4-14-9-11(12)13(18)16-7-5-15(6-8-16)10-1-2-10/h3-4,9-10H,1-2,5-8H2,(H,14,17). The fourth-order valence-corrected chi connectivity index (χ4v) is 2.48. The monoisotopic (exact) mass is 247 g/mol. The predicted molar refractivity (Wildman–Crippen MR) is 67.6 cm³/mol. The minimum absolute atomic E-state index is 0.146. The van der Waals surface area contributed by atoms with Crippen molar-refractivity contribution in [1.82, 2.24) is 14.8 Å².